The number of piperazine rings is 1. The third-order valence-corrected chi connectivity index (χ3v) is 3.26. The molecular weight excluding hydrogens is 276 g/mol. The first-order valence-corrected chi connectivity index (χ1v) is 6.50. The second-order valence-corrected chi connectivity index (χ2v) is 4.82. The fourth-order valence-electron chi connectivity index (χ4n) is 2.18. The highest BCUT2D eigenvalue weighted by Gasteiger charge is 2.20. The molecule has 0 aliphatic carbocycles. The molecule has 0 spiro atoms. The summed E-state index contributed by atoms with van der Waals surface area (Å²) in [5, 5.41) is 16.2. The van der Waals surface area contributed by atoms with Crippen molar-refractivity contribution in [3.8, 4) is 0 Å². The van der Waals surface area contributed by atoms with Crippen LogP contribution in [0.5, 0.6) is 0 Å². The number of carbonyl (C=O) groups excluding carboxylic acids is 2. The molecule has 8 heteroatoms. The predicted octanol–water partition coefficient (Wildman–Crippen LogP) is 0.274. The first-order chi connectivity index (χ1) is 9.97. The lowest BCUT2D eigenvalue weighted by atomic mass is 10.1. The zero-order chi connectivity index (χ0) is 15.4. The van der Waals surface area contributed by atoms with Crippen molar-refractivity contribution in [3.63, 3.8) is 0 Å². The van der Waals surface area contributed by atoms with Crippen molar-refractivity contribution in [2.75, 3.05) is 31.5 Å². The van der Waals surface area contributed by atoms with E-state index in [0.717, 1.165) is 0 Å². The molecule has 0 saturated carbocycles. The van der Waals surface area contributed by atoms with Crippen LogP contribution in [0, 0.1) is 17.0 Å². The van der Waals surface area contributed by atoms with Gasteiger partial charge in [-0.15, -0.1) is 0 Å². The molecular formula is C13H16N4O4. The van der Waals surface area contributed by atoms with E-state index in [0.29, 0.717) is 24.3 Å². The van der Waals surface area contributed by atoms with Crippen LogP contribution in [0.1, 0.15) is 5.56 Å². The Morgan fingerprint density at radius 3 is 2.95 bits per heavy atom. The summed E-state index contributed by atoms with van der Waals surface area (Å²) in [6.45, 7) is 2.97. The molecule has 0 atom stereocenters. The number of rotatable bonds is 4. The minimum atomic E-state index is -0.486. The summed E-state index contributed by atoms with van der Waals surface area (Å²) in [4.78, 5) is 35.3. The molecule has 1 heterocycles. The van der Waals surface area contributed by atoms with E-state index in [1.165, 1.54) is 12.1 Å². The van der Waals surface area contributed by atoms with Crippen molar-refractivity contribution in [3.05, 3.63) is 33.9 Å². The fourth-order valence-corrected chi connectivity index (χ4v) is 2.18. The van der Waals surface area contributed by atoms with Gasteiger partial charge in [-0.25, -0.2) is 0 Å². The van der Waals surface area contributed by atoms with Gasteiger partial charge in [0.15, 0.2) is 0 Å². The summed E-state index contributed by atoms with van der Waals surface area (Å²) in [6, 6.07) is 4.53. The van der Waals surface area contributed by atoms with Crippen LogP contribution in [-0.4, -0.2) is 47.8 Å². The maximum atomic E-state index is 12.0. The number of amides is 2. The van der Waals surface area contributed by atoms with E-state index in [1.54, 1.807) is 17.9 Å². The minimum absolute atomic E-state index is 0.0369. The highest BCUT2D eigenvalue weighted by atomic mass is 16.6. The molecule has 1 saturated heterocycles. The van der Waals surface area contributed by atoms with Gasteiger partial charge in [0.05, 0.1) is 29.3 Å². The zero-order valence-electron chi connectivity index (χ0n) is 11.6. The highest BCUT2D eigenvalue weighted by Crippen LogP contribution is 2.24. The number of hydrogen-bond donors (Lipinski definition) is 2. The maximum Gasteiger partial charge on any atom is 0.274 e. The number of anilines is 1. The molecule has 0 unspecified atom stereocenters. The van der Waals surface area contributed by atoms with Gasteiger partial charge in [0, 0.05) is 19.2 Å². The van der Waals surface area contributed by atoms with Gasteiger partial charge in [0.1, 0.15) is 0 Å². The first kappa shape index (κ1) is 14.9. The molecule has 1 aliphatic heterocycles. The Morgan fingerprint density at radius 1 is 1.52 bits per heavy atom. The third-order valence-electron chi connectivity index (χ3n) is 3.26. The van der Waals surface area contributed by atoms with E-state index < -0.39 is 4.92 Å². The van der Waals surface area contributed by atoms with Gasteiger partial charge in [0.2, 0.25) is 11.8 Å². The van der Waals surface area contributed by atoms with Crippen LogP contribution in [0.3, 0.4) is 0 Å². The van der Waals surface area contributed by atoms with Crippen LogP contribution in [-0.2, 0) is 9.59 Å². The molecule has 0 bridgehead atoms. The molecule has 21 heavy (non-hydrogen) atoms. The Bertz CT molecular complexity index is 588. The van der Waals surface area contributed by atoms with Crippen molar-refractivity contribution in [2.45, 2.75) is 6.92 Å². The number of nitrogens with zero attached hydrogens (tertiary/aromatic N) is 2. The average molecular weight is 292 g/mol. The fraction of sp³-hybridized carbons (Fsp3) is 0.385. The van der Waals surface area contributed by atoms with Crippen LogP contribution in [0.2, 0.25) is 0 Å². The molecule has 1 fully saturated rings. The van der Waals surface area contributed by atoms with Gasteiger partial charge in [-0.3, -0.25) is 24.6 Å². The average Bonchev–Trinajstić information content (AvgIpc) is 2.40. The predicted molar refractivity (Wildman–Crippen MR) is 75.9 cm³/mol. The van der Waals surface area contributed by atoms with Crippen LogP contribution in [0.25, 0.3) is 0 Å². The van der Waals surface area contributed by atoms with Crippen LogP contribution >= 0.6 is 0 Å². The Kier molecular flexibility index (Phi) is 4.49. The van der Waals surface area contributed by atoms with E-state index >= 15 is 0 Å². The molecule has 1 aromatic rings. The van der Waals surface area contributed by atoms with Crippen LogP contribution in [0.15, 0.2) is 18.2 Å². The zero-order valence-corrected chi connectivity index (χ0v) is 11.6. The number of benzene rings is 1. The quantitative estimate of drug-likeness (QED) is 0.612. The Morgan fingerprint density at radius 2 is 2.29 bits per heavy atom. The minimum Gasteiger partial charge on any atom is -0.354 e. The van der Waals surface area contributed by atoms with Gasteiger partial charge < -0.3 is 10.6 Å². The molecule has 1 aliphatic rings. The third kappa shape index (κ3) is 3.76. The van der Waals surface area contributed by atoms with E-state index in [4.69, 9.17) is 0 Å². The lowest BCUT2D eigenvalue weighted by molar-refractivity contribution is -0.385. The molecule has 2 amide bonds. The maximum absolute atomic E-state index is 12.0. The summed E-state index contributed by atoms with van der Waals surface area (Å²) >= 11 is 0. The van der Waals surface area contributed by atoms with Crippen LogP contribution in [0.4, 0.5) is 11.4 Å². The standard InChI is InChI=1S/C13H16N4O4/c1-9-10(3-2-4-11(9)17(20)21)15-13(19)8-16-6-5-14-12(18)7-16/h2-4H,5-8H2,1H3,(H,14,18)(H,15,19). The summed E-state index contributed by atoms with van der Waals surface area (Å²) < 4.78 is 0. The lowest BCUT2D eigenvalue weighted by Crippen LogP contribution is -2.49. The van der Waals surface area contributed by atoms with Gasteiger partial charge in [-0.1, -0.05) is 6.07 Å². The van der Waals surface area contributed by atoms with Crippen molar-refractivity contribution < 1.29 is 14.5 Å². The number of nitro benzene ring substituents is 1. The van der Waals surface area contributed by atoms with Gasteiger partial charge >= 0.3 is 0 Å². The Balaban J connectivity index is 2.01. The number of hydrogen-bond acceptors (Lipinski definition) is 5. The smallest absolute Gasteiger partial charge is 0.274 e. The number of nitro groups is 1. The molecule has 2 N–H and O–H groups in total. The molecule has 112 valence electrons. The van der Waals surface area contributed by atoms with E-state index in [1.807, 2.05) is 0 Å². The van der Waals surface area contributed by atoms with Gasteiger partial charge in [-0.2, -0.15) is 0 Å². The summed E-state index contributed by atoms with van der Waals surface area (Å²) in [5.41, 5.74) is 0.785. The van der Waals surface area contributed by atoms with Crippen molar-refractivity contribution in [1.29, 1.82) is 0 Å². The molecule has 8 nitrogen and oxygen atoms in total. The number of carbonyl (C=O) groups is 2. The second-order valence-electron chi connectivity index (χ2n) is 4.82. The molecule has 0 aromatic heterocycles. The molecule has 2 rings (SSSR count). The lowest BCUT2D eigenvalue weighted by Gasteiger charge is -2.25. The summed E-state index contributed by atoms with van der Waals surface area (Å²) in [6.07, 6.45) is 0. The number of nitrogens with one attached hydrogen (secondary N) is 2. The van der Waals surface area contributed by atoms with Crippen molar-refractivity contribution >= 4 is 23.2 Å². The molecule has 0 radical (unpaired) electrons. The monoisotopic (exact) mass is 292 g/mol. The second kappa shape index (κ2) is 6.31. The first-order valence-electron chi connectivity index (χ1n) is 6.50. The van der Waals surface area contributed by atoms with Gasteiger partial charge in [-0.05, 0) is 13.0 Å². The molecule has 1 aromatic carbocycles. The van der Waals surface area contributed by atoms with Gasteiger partial charge in [0.25, 0.3) is 5.69 Å². The van der Waals surface area contributed by atoms with Crippen LogP contribution < -0.4 is 10.6 Å². The topological polar surface area (TPSA) is 105 Å². The largest absolute Gasteiger partial charge is 0.354 e. The van der Waals surface area contributed by atoms with E-state index in [9.17, 15) is 19.7 Å². The Labute approximate surface area is 121 Å². The normalized spacial score (nSPS) is 15.4. The van der Waals surface area contributed by atoms with Crippen molar-refractivity contribution in [1.82, 2.24) is 10.2 Å². The highest BCUT2D eigenvalue weighted by molar-refractivity contribution is 5.94. The van der Waals surface area contributed by atoms with E-state index in [2.05, 4.69) is 10.6 Å². The van der Waals surface area contributed by atoms with Crippen molar-refractivity contribution in [2.24, 2.45) is 0 Å². The van der Waals surface area contributed by atoms with E-state index in [-0.39, 0.29) is 30.6 Å². The summed E-state index contributed by atoms with van der Waals surface area (Å²) in [5.74, 6) is -0.408. The summed E-state index contributed by atoms with van der Waals surface area (Å²) in [7, 11) is 0. The Hall–Kier alpha value is -2.48. The SMILES string of the molecule is Cc1c(NC(=O)CN2CCNC(=O)C2)cccc1[N+](=O)[O-].